The summed E-state index contributed by atoms with van der Waals surface area (Å²) in [4.78, 5) is 32.6. The molecule has 5 rings (SSSR count). The molecule has 0 radical (unpaired) electrons. The summed E-state index contributed by atoms with van der Waals surface area (Å²) in [5.74, 6) is -0.0557. The molecule has 0 bridgehead atoms. The summed E-state index contributed by atoms with van der Waals surface area (Å²) in [6.07, 6.45) is 3.98. The Balaban J connectivity index is 1.41. The van der Waals surface area contributed by atoms with E-state index < -0.39 is 17.8 Å². The number of morpholine rings is 2. The van der Waals surface area contributed by atoms with Gasteiger partial charge in [0.25, 0.3) is 5.91 Å². The third-order valence-electron chi connectivity index (χ3n) is 7.67. The number of benzene rings is 1. The number of aryl methyl sites for hydroxylation is 1. The first kappa shape index (κ1) is 28.7. The number of nitrogens with zero attached hydrogens (tertiary/aromatic N) is 4. The molecule has 3 heterocycles. The summed E-state index contributed by atoms with van der Waals surface area (Å²) in [7, 11) is 1.73. The van der Waals surface area contributed by atoms with Gasteiger partial charge in [-0.25, -0.2) is 4.79 Å². The van der Waals surface area contributed by atoms with E-state index in [1.165, 1.54) is 16.6 Å². The Labute approximate surface area is 237 Å². The van der Waals surface area contributed by atoms with Gasteiger partial charge in [-0.05, 0) is 57.7 Å². The molecular weight excluding hydrogens is 512 g/mol. The van der Waals surface area contributed by atoms with E-state index in [0.717, 1.165) is 44.5 Å². The van der Waals surface area contributed by atoms with Crippen LogP contribution in [0.3, 0.4) is 0 Å². The van der Waals surface area contributed by atoms with Crippen molar-refractivity contribution in [1.82, 2.24) is 14.4 Å². The number of anilines is 1. The van der Waals surface area contributed by atoms with Gasteiger partial charge in [0.15, 0.2) is 6.10 Å². The second-order valence-electron chi connectivity index (χ2n) is 11.9. The molecule has 2 aliphatic heterocycles. The van der Waals surface area contributed by atoms with E-state index in [4.69, 9.17) is 18.9 Å². The number of carbonyl (C=O) groups excluding carboxylic acids is 2. The Kier molecular flexibility index (Phi) is 8.87. The van der Waals surface area contributed by atoms with E-state index in [1.807, 2.05) is 25.7 Å². The zero-order chi connectivity index (χ0) is 28.3. The Hall–Kier alpha value is -2.82. The van der Waals surface area contributed by atoms with Crippen molar-refractivity contribution >= 4 is 28.6 Å². The first-order valence-corrected chi connectivity index (χ1v) is 14.6. The molecule has 1 aromatic heterocycles. The van der Waals surface area contributed by atoms with Crippen molar-refractivity contribution in [3.05, 3.63) is 30.0 Å². The van der Waals surface area contributed by atoms with Crippen LogP contribution in [0.2, 0.25) is 0 Å². The minimum atomic E-state index is -0.698. The van der Waals surface area contributed by atoms with Crippen molar-refractivity contribution in [2.75, 3.05) is 64.6 Å². The van der Waals surface area contributed by atoms with Gasteiger partial charge >= 0.3 is 6.09 Å². The number of carbonyl (C=O) groups is 2. The van der Waals surface area contributed by atoms with E-state index in [0.29, 0.717) is 39.5 Å². The molecule has 1 aliphatic carbocycles. The summed E-state index contributed by atoms with van der Waals surface area (Å²) in [5.41, 5.74) is 2.90. The van der Waals surface area contributed by atoms with E-state index in [1.54, 1.807) is 12.0 Å². The van der Waals surface area contributed by atoms with Gasteiger partial charge in [0.1, 0.15) is 5.60 Å². The number of fused-ring (bicyclic) bond motifs is 1. The smallest absolute Gasteiger partial charge is 0.410 e. The molecule has 0 N–H and O–H groups in total. The highest BCUT2D eigenvalue weighted by Crippen LogP contribution is 2.36. The predicted molar refractivity (Wildman–Crippen MR) is 153 cm³/mol. The number of hydrogen-bond donors (Lipinski definition) is 0. The topological polar surface area (TPSA) is 85.7 Å². The normalized spacial score (nSPS) is 20.1. The molecule has 1 aromatic carbocycles. The highest BCUT2D eigenvalue weighted by Gasteiger charge is 2.40. The van der Waals surface area contributed by atoms with E-state index >= 15 is 0 Å². The Morgan fingerprint density at radius 1 is 1.10 bits per heavy atom. The second-order valence-corrected chi connectivity index (χ2v) is 11.9. The number of ether oxygens (including phenoxy) is 4. The summed E-state index contributed by atoms with van der Waals surface area (Å²) in [6, 6.07) is 6.66. The maximum absolute atomic E-state index is 13.9. The van der Waals surface area contributed by atoms with Gasteiger partial charge in [-0.15, -0.1) is 0 Å². The zero-order valence-electron chi connectivity index (χ0n) is 24.4. The van der Waals surface area contributed by atoms with Gasteiger partial charge in [0.2, 0.25) is 0 Å². The van der Waals surface area contributed by atoms with Crippen LogP contribution < -0.4 is 4.90 Å². The van der Waals surface area contributed by atoms with Gasteiger partial charge in [-0.2, -0.15) is 0 Å². The molecule has 1 atom stereocenters. The van der Waals surface area contributed by atoms with E-state index in [-0.39, 0.29) is 18.5 Å². The first-order chi connectivity index (χ1) is 19.2. The SMILES string of the molecule is COCCCn1cc(CN(C(=O)[C@H]2CN(C(=O)OC(C)(C)C)CCO2)C2CC2)c2c(N3CCOCC3)cccc21. The summed E-state index contributed by atoms with van der Waals surface area (Å²) in [6.45, 7) is 11.6. The monoisotopic (exact) mass is 556 g/mol. The largest absolute Gasteiger partial charge is 0.444 e. The molecule has 0 unspecified atom stereocenters. The van der Waals surface area contributed by atoms with E-state index in [9.17, 15) is 9.59 Å². The molecular formula is C30H44N4O6. The quantitative estimate of drug-likeness (QED) is 0.436. The van der Waals surface area contributed by atoms with Crippen LogP contribution in [0.5, 0.6) is 0 Å². The fourth-order valence-corrected chi connectivity index (χ4v) is 5.60. The zero-order valence-corrected chi connectivity index (χ0v) is 24.4. The molecule has 10 nitrogen and oxygen atoms in total. The molecule has 2 saturated heterocycles. The molecule has 3 fully saturated rings. The van der Waals surface area contributed by atoms with Crippen molar-refractivity contribution in [2.45, 2.75) is 70.9 Å². The molecule has 2 amide bonds. The van der Waals surface area contributed by atoms with Crippen LogP contribution in [-0.2, 0) is 36.8 Å². The third kappa shape index (κ3) is 6.72. The summed E-state index contributed by atoms with van der Waals surface area (Å²) in [5, 5.41) is 1.19. The van der Waals surface area contributed by atoms with Crippen LogP contribution >= 0.6 is 0 Å². The second kappa shape index (κ2) is 12.4. The van der Waals surface area contributed by atoms with Gasteiger partial charge in [0.05, 0.1) is 31.9 Å². The number of amides is 2. The molecule has 220 valence electrons. The van der Waals surface area contributed by atoms with Crippen molar-refractivity contribution in [2.24, 2.45) is 0 Å². The lowest BCUT2D eigenvalue weighted by Crippen LogP contribution is -2.53. The fraction of sp³-hybridized carbons (Fsp3) is 0.667. The van der Waals surface area contributed by atoms with Crippen LogP contribution in [0.15, 0.2) is 24.4 Å². The number of hydrogen-bond acceptors (Lipinski definition) is 7. The van der Waals surface area contributed by atoms with Crippen LogP contribution in [0, 0.1) is 0 Å². The van der Waals surface area contributed by atoms with Gasteiger partial charge in [0, 0.05) is 69.8 Å². The Morgan fingerprint density at radius 2 is 1.88 bits per heavy atom. The molecule has 0 spiro atoms. The number of aromatic nitrogens is 1. The number of rotatable bonds is 9. The lowest BCUT2D eigenvalue weighted by Gasteiger charge is -2.36. The first-order valence-electron chi connectivity index (χ1n) is 14.6. The lowest BCUT2D eigenvalue weighted by atomic mass is 10.1. The minimum absolute atomic E-state index is 0.0557. The number of methoxy groups -OCH3 is 1. The minimum Gasteiger partial charge on any atom is -0.444 e. The van der Waals surface area contributed by atoms with Crippen LogP contribution in [0.1, 0.15) is 45.6 Å². The Bertz CT molecular complexity index is 1180. The fourth-order valence-electron chi connectivity index (χ4n) is 5.60. The van der Waals surface area contributed by atoms with Crippen molar-refractivity contribution in [3.8, 4) is 0 Å². The van der Waals surface area contributed by atoms with E-state index in [2.05, 4.69) is 33.9 Å². The van der Waals surface area contributed by atoms with Crippen LogP contribution in [0.25, 0.3) is 10.9 Å². The molecule has 3 aliphatic rings. The summed E-state index contributed by atoms with van der Waals surface area (Å²) < 4.78 is 24.7. The Morgan fingerprint density at radius 3 is 2.58 bits per heavy atom. The van der Waals surface area contributed by atoms with Gasteiger partial charge in [-0.1, -0.05) is 6.07 Å². The predicted octanol–water partition coefficient (Wildman–Crippen LogP) is 3.64. The maximum Gasteiger partial charge on any atom is 0.410 e. The standard InChI is InChI=1S/C30H44N4O6/c1-30(2,3)40-29(36)33-14-18-39-26(21-33)28(35)34(23-9-10-23)20-22-19-32(11-6-15-37-4)25-8-5-7-24(27(22)25)31-12-16-38-17-13-31/h5,7-8,19,23,26H,6,9-18,20-21H2,1-4H3/t26-/m1/s1. The van der Waals surface area contributed by atoms with Gasteiger partial charge in [-0.3, -0.25) is 4.79 Å². The maximum atomic E-state index is 13.9. The van der Waals surface area contributed by atoms with Crippen molar-refractivity contribution in [1.29, 1.82) is 0 Å². The molecule has 40 heavy (non-hydrogen) atoms. The highest BCUT2D eigenvalue weighted by atomic mass is 16.6. The van der Waals surface area contributed by atoms with Crippen LogP contribution in [-0.4, -0.2) is 104 Å². The highest BCUT2D eigenvalue weighted by molar-refractivity contribution is 5.96. The molecule has 10 heteroatoms. The molecule has 2 aromatic rings. The average Bonchev–Trinajstić information content (AvgIpc) is 3.73. The average molecular weight is 557 g/mol. The third-order valence-corrected chi connectivity index (χ3v) is 7.67. The van der Waals surface area contributed by atoms with Crippen molar-refractivity contribution < 1.29 is 28.5 Å². The molecule has 1 saturated carbocycles. The lowest BCUT2D eigenvalue weighted by molar-refractivity contribution is -0.150. The summed E-state index contributed by atoms with van der Waals surface area (Å²) >= 11 is 0. The van der Waals surface area contributed by atoms with Crippen molar-refractivity contribution in [3.63, 3.8) is 0 Å². The van der Waals surface area contributed by atoms with Crippen LogP contribution in [0.4, 0.5) is 10.5 Å². The van der Waals surface area contributed by atoms with Gasteiger partial charge < -0.3 is 38.2 Å².